The van der Waals surface area contributed by atoms with Crippen molar-refractivity contribution in [2.75, 3.05) is 12.4 Å². The van der Waals surface area contributed by atoms with Crippen LogP contribution in [-0.2, 0) is 0 Å². The number of aromatic nitrogens is 2. The lowest BCUT2D eigenvalue weighted by Crippen LogP contribution is -2.25. The van der Waals surface area contributed by atoms with Gasteiger partial charge in [-0.15, -0.1) is 0 Å². The number of hydrogen-bond acceptors (Lipinski definition) is 4. The number of hydrogen-bond donors (Lipinski definition) is 3. The molecule has 3 rings (SSSR count). The van der Waals surface area contributed by atoms with E-state index in [2.05, 4.69) is 15.6 Å². The standard InChI is InChI=1S/C19H15F2N5O3/c1-23-19(29)15-16(17(22)27)26(9-24-15)11-7-5-10(6-8-11)25-18(28)14-12(20)3-2-4-13(14)21/h2-9H,1H3,(H2,22,27)(H,23,29)(H,25,28). The van der Waals surface area contributed by atoms with E-state index < -0.39 is 34.9 Å². The molecule has 0 aliphatic carbocycles. The number of benzene rings is 2. The van der Waals surface area contributed by atoms with E-state index in [0.29, 0.717) is 5.69 Å². The summed E-state index contributed by atoms with van der Waals surface area (Å²) in [6.45, 7) is 0. The van der Waals surface area contributed by atoms with Crippen LogP contribution in [0.15, 0.2) is 48.8 Å². The van der Waals surface area contributed by atoms with E-state index in [1.165, 1.54) is 42.2 Å². The zero-order valence-corrected chi connectivity index (χ0v) is 15.1. The van der Waals surface area contributed by atoms with Crippen LogP contribution in [0.1, 0.15) is 31.3 Å². The normalized spacial score (nSPS) is 10.4. The monoisotopic (exact) mass is 399 g/mol. The van der Waals surface area contributed by atoms with Gasteiger partial charge in [0, 0.05) is 18.4 Å². The Balaban J connectivity index is 1.88. The first-order chi connectivity index (χ1) is 13.8. The van der Waals surface area contributed by atoms with Crippen LogP contribution in [0, 0.1) is 11.6 Å². The second kappa shape index (κ2) is 7.89. The highest BCUT2D eigenvalue weighted by Gasteiger charge is 2.22. The molecule has 0 saturated carbocycles. The van der Waals surface area contributed by atoms with E-state index in [1.54, 1.807) is 0 Å². The Labute approximate surface area is 163 Å². The van der Waals surface area contributed by atoms with Gasteiger partial charge >= 0.3 is 0 Å². The molecular weight excluding hydrogens is 384 g/mol. The summed E-state index contributed by atoms with van der Waals surface area (Å²) < 4.78 is 28.8. The summed E-state index contributed by atoms with van der Waals surface area (Å²) in [6, 6.07) is 9.05. The Hall–Kier alpha value is -4.08. The van der Waals surface area contributed by atoms with Gasteiger partial charge in [-0.3, -0.25) is 19.0 Å². The summed E-state index contributed by atoms with van der Waals surface area (Å²) in [6.07, 6.45) is 1.26. The Kier molecular flexibility index (Phi) is 5.35. The second-order valence-electron chi connectivity index (χ2n) is 5.85. The van der Waals surface area contributed by atoms with Crippen LogP contribution in [0.2, 0.25) is 0 Å². The number of carbonyl (C=O) groups is 3. The molecule has 0 fully saturated rings. The molecule has 4 N–H and O–H groups in total. The van der Waals surface area contributed by atoms with Gasteiger partial charge in [-0.1, -0.05) is 6.07 Å². The van der Waals surface area contributed by atoms with Crippen LogP contribution in [-0.4, -0.2) is 34.3 Å². The summed E-state index contributed by atoms with van der Waals surface area (Å²) >= 11 is 0. The van der Waals surface area contributed by atoms with Crippen molar-refractivity contribution >= 4 is 23.4 Å². The van der Waals surface area contributed by atoms with Crippen molar-refractivity contribution in [2.24, 2.45) is 5.73 Å². The Morgan fingerprint density at radius 1 is 1.00 bits per heavy atom. The predicted octanol–water partition coefficient (Wildman–Crippen LogP) is 1.86. The maximum atomic E-state index is 13.7. The molecule has 1 aromatic heterocycles. The fourth-order valence-corrected chi connectivity index (χ4v) is 2.68. The topological polar surface area (TPSA) is 119 Å². The molecule has 8 nitrogen and oxygen atoms in total. The van der Waals surface area contributed by atoms with Crippen LogP contribution >= 0.6 is 0 Å². The molecule has 0 aliphatic heterocycles. The van der Waals surface area contributed by atoms with Crippen molar-refractivity contribution < 1.29 is 23.2 Å². The molecule has 3 amide bonds. The molecule has 0 aliphatic rings. The van der Waals surface area contributed by atoms with Crippen molar-refractivity contribution in [1.29, 1.82) is 0 Å². The van der Waals surface area contributed by atoms with Gasteiger partial charge in [0.05, 0.1) is 0 Å². The minimum absolute atomic E-state index is 0.116. The predicted molar refractivity (Wildman–Crippen MR) is 99.8 cm³/mol. The van der Waals surface area contributed by atoms with Gasteiger partial charge in [0.25, 0.3) is 17.7 Å². The summed E-state index contributed by atoms with van der Waals surface area (Å²) in [5.74, 6) is -4.34. The molecule has 0 bridgehead atoms. The number of rotatable bonds is 5. The van der Waals surface area contributed by atoms with Crippen molar-refractivity contribution in [3.05, 3.63) is 77.4 Å². The fraction of sp³-hybridized carbons (Fsp3) is 0.0526. The number of anilines is 1. The molecule has 0 unspecified atom stereocenters. The quantitative estimate of drug-likeness (QED) is 0.607. The minimum Gasteiger partial charge on any atom is -0.364 e. The molecule has 0 atom stereocenters. The maximum Gasteiger partial charge on any atom is 0.272 e. The lowest BCUT2D eigenvalue weighted by molar-refractivity contribution is 0.0937. The SMILES string of the molecule is CNC(=O)c1ncn(-c2ccc(NC(=O)c3c(F)cccc3F)cc2)c1C(N)=O. The molecule has 0 saturated heterocycles. The van der Waals surface area contributed by atoms with Crippen LogP contribution in [0.5, 0.6) is 0 Å². The van der Waals surface area contributed by atoms with Crippen molar-refractivity contribution in [2.45, 2.75) is 0 Å². The van der Waals surface area contributed by atoms with Crippen LogP contribution < -0.4 is 16.4 Å². The lowest BCUT2D eigenvalue weighted by Gasteiger charge is -2.10. The van der Waals surface area contributed by atoms with Crippen LogP contribution in [0.3, 0.4) is 0 Å². The third kappa shape index (κ3) is 3.81. The van der Waals surface area contributed by atoms with Crippen molar-refractivity contribution in [3.63, 3.8) is 0 Å². The van der Waals surface area contributed by atoms with Gasteiger partial charge in [0.15, 0.2) is 5.69 Å². The molecule has 1 heterocycles. The Morgan fingerprint density at radius 3 is 2.17 bits per heavy atom. The van der Waals surface area contributed by atoms with E-state index in [4.69, 9.17) is 5.73 Å². The largest absolute Gasteiger partial charge is 0.364 e. The number of nitrogens with zero attached hydrogens (tertiary/aromatic N) is 2. The Morgan fingerprint density at radius 2 is 1.62 bits per heavy atom. The van der Waals surface area contributed by atoms with Gasteiger partial charge in [0.1, 0.15) is 29.2 Å². The highest BCUT2D eigenvalue weighted by Crippen LogP contribution is 2.19. The summed E-state index contributed by atoms with van der Waals surface area (Å²) in [4.78, 5) is 39.7. The van der Waals surface area contributed by atoms with Gasteiger partial charge in [-0.05, 0) is 36.4 Å². The van der Waals surface area contributed by atoms with Gasteiger partial charge in [-0.2, -0.15) is 0 Å². The summed E-state index contributed by atoms with van der Waals surface area (Å²) in [5.41, 5.74) is 5.11. The molecule has 3 aromatic rings. The summed E-state index contributed by atoms with van der Waals surface area (Å²) in [7, 11) is 1.39. The van der Waals surface area contributed by atoms with E-state index in [0.717, 1.165) is 18.2 Å². The molecule has 0 radical (unpaired) electrons. The third-order valence-corrected chi connectivity index (χ3v) is 4.04. The number of carbonyl (C=O) groups excluding carboxylic acids is 3. The zero-order chi connectivity index (χ0) is 21.1. The second-order valence-corrected chi connectivity index (χ2v) is 5.85. The third-order valence-electron chi connectivity index (χ3n) is 4.04. The number of imidazole rings is 1. The Bertz CT molecular complexity index is 1090. The fourth-order valence-electron chi connectivity index (χ4n) is 2.68. The highest BCUT2D eigenvalue weighted by molar-refractivity contribution is 6.05. The highest BCUT2D eigenvalue weighted by atomic mass is 19.1. The van der Waals surface area contributed by atoms with E-state index in [-0.39, 0.29) is 17.1 Å². The lowest BCUT2D eigenvalue weighted by atomic mass is 10.1. The van der Waals surface area contributed by atoms with Gasteiger partial charge in [-0.25, -0.2) is 13.8 Å². The van der Waals surface area contributed by atoms with Gasteiger partial charge < -0.3 is 16.4 Å². The van der Waals surface area contributed by atoms with Crippen LogP contribution in [0.4, 0.5) is 14.5 Å². The average Bonchev–Trinajstić information content (AvgIpc) is 3.13. The molecule has 10 heteroatoms. The molecule has 0 spiro atoms. The minimum atomic E-state index is -0.981. The first-order valence-corrected chi connectivity index (χ1v) is 8.28. The van der Waals surface area contributed by atoms with Gasteiger partial charge in [0.2, 0.25) is 0 Å². The van der Waals surface area contributed by atoms with E-state index in [1.807, 2.05) is 0 Å². The number of nitrogens with two attached hydrogens (primary N) is 1. The van der Waals surface area contributed by atoms with Crippen LogP contribution in [0.25, 0.3) is 5.69 Å². The molecule has 29 heavy (non-hydrogen) atoms. The molecular formula is C19H15F2N5O3. The first-order valence-electron chi connectivity index (χ1n) is 8.28. The average molecular weight is 399 g/mol. The molecule has 148 valence electrons. The van der Waals surface area contributed by atoms with E-state index >= 15 is 0 Å². The first kappa shape index (κ1) is 19.7. The number of halogens is 2. The maximum absolute atomic E-state index is 13.7. The smallest absolute Gasteiger partial charge is 0.272 e. The number of primary amides is 1. The zero-order valence-electron chi connectivity index (χ0n) is 15.1. The summed E-state index contributed by atoms with van der Waals surface area (Å²) in [5, 5.41) is 4.75. The van der Waals surface area contributed by atoms with E-state index in [9.17, 15) is 23.2 Å². The molecule has 2 aromatic carbocycles. The van der Waals surface area contributed by atoms with Crippen molar-refractivity contribution in [1.82, 2.24) is 14.9 Å². The number of nitrogens with one attached hydrogen (secondary N) is 2. The number of amides is 3. The van der Waals surface area contributed by atoms with Crippen molar-refractivity contribution in [3.8, 4) is 5.69 Å².